The standard InChI is InChI=1S/C14H24N4/c1-14(2,8-15)9-18(3)13-11-6-4-5-7-12(11)16-10-17-13/h10H,4-9,15H2,1-3H3. The van der Waals surface area contributed by atoms with Gasteiger partial charge in [0.25, 0.3) is 0 Å². The summed E-state index contributed by atoms with van der Waals surface area (Å²) in [5, 5.41) is 0. The number of anilines is 1. The predicted octanol–water partition coefficient (Wildman–Crippen LogP) is 1.78. The van der Waals surface area contributed by atoms with Crippen LogP contribution < -0.4 is 10.6 Å². The molecule has 0 aliphatic heterocycles. The first kappa shape index (κ1) is 13.3. The lowest BCUT2D eigenvalue weighted by molar-refractivity contribution is 0.383. The van der Waals surface area contributed by atoms with Crippen LogP contribution in [0, 0.1) is 5.41 Å². The van der Waals surface area contributed by atoms with Crippen LogP contribution in [0.15, 0.2) is 6.33 Å². The number of nitrogens with two attached hydrogens (primary N) is 1. The molecule has 18 heavy (non-hydrogen) atoms. The van der Waals surface area contributed by atoms with Crippen molar-refractivity contribution in [3.63, 3.8) is 0 Å². The molecule has 100 valence electrons. The molecule has 0 radical (unpaired) electrons. The van der Waals surface area contributed by atoms with Crippen molar-refractivity contribution in [2.45, 2.75) is 39.5 Å². The summed E-state index contributed by atoms with van der Waals surface area (Å²) in [5.74, 6) is 1.10. The lowest BCUT2D eigenvalue weighted by Crippen LogP contribution is -2.37. The Morgan fingerprint density at radius 1 is 1.28 bits per heavy atom. The van der Waals surface area contributed by atoms with Gasteiger partial charge in [-0.3, -0.25) is 0 Å². The van der Waals surface area contributed by atoms with Gasteiger partial charge >= 0.3 is 0 Å². The summed E-state index contributed by atoms with van der Waals surface area (Å²) in [7, 11) is 2.11. The van der Waals surface area contributed by atoms with E-state index >= 15 is 0 Å². The molecule has 4 heteroatoms. The van der Waals surface area contributed by atoms with Crippen molar-refractivity contribution < 1.29 is 0 Å². The monoisotopic (exact) mass is 248 g/mol. The molecule has 1 aliphatic rings. The molecule has 2 N–H and O–H groups in total. The fraction of sp³-hybridized carbons (Fsp3) is 0.714. The van der Waals surface area contributed by atoms with Crippen LogP contribution >= 0.6 is 0 Å². The summed E-state index contributed by atoms with van der Waals surface area (Å²) in [6.45, 7) is 5.99. The molecule has 0 unspecified atom stereocenters. The Kier molecular flexibility index (Phi) is 3.85. The van der Waals surface area contributed by atoms with Gasteiger partial charge in [0, 0.05) is 24.8 Å². The topological polar surface area (TPSA) is 55.0 Å². The van der Waals surface area contributed by atoms with Crippen LogP contribution in [0.4, 0.5) is 5.82 Å². The molecule has 0 bridgehead atoms. The summed E-state index contributed by atoms with van der Waals surface area (Å²) in [5.41, 5.74) is 8.51. The lowest BCUT2D eigenvalue weighted by atomic mass is 9.92. The van der Waals surface area contributed by atoms with Crippen molar-refractivity contribution in [3.8, 4) is 0 Å². The summed E-state index contributed by atoms with van der Waals surface area (Å²) < 4.78 is 0. The first-order valence-electron chi connectivity index (χ1n) is 6.77. The minimum absolute atomic E-state index is 0.112. The van der Waals surface area contributed by atoms with E-state index in [0.717, 1.165) is 25.2 Å². The Balaban J connectivity index is 2.22. The molecular weight excluding hydrogens is 224 g/mol. The third-order valence-electron chi connectivity index (χ3n) is 3.68. The molecule has 0 amide bonds. The number of aromatic nitrogens is 2. The molecule has 0 saturated carbocycles. The molecule has 1 aliphatic carbocycles. The maximum absolute atomic E-state index is 5.81. The third-order valence-corrected chi connectivity index (χ3v) is 3.68. The fourth-order valence-corrected chi connectivity index (χ4v) is 2.61. The van der Waals surface area contributed by atoms with E-state index < -0.39 is 0 Å². The number of rotatable bonds is 4. The van der Waals surface area contributed by atoms with E-state index in [9.17, 15) is 0 Å². The SMILES string of the molecule is CN(CC(C)(C)CN)c1ncnc2c1CCCC2. The number of aryl methyl sites for hydroxylation is 1. The molecule has 2 rings (SSSR count). The predicted molar refractivity (Wildman–Crippen MR) is 74.8 cm³/mol. The molecular formula is C14H24N4. The van der Waals surface area contributed by atoms with Gasteiger partial charge in [-0.1, -0.05) is 13.8 Å². The van der Waals surface area contributed by atoms with Crippen LogP contribution in [0.25, 0.3) is 0 Å². The smallest absolute Gasteiger partial charge is 0.135 e. The van der Waals surface area contributed by atoms with E-state index in [0.29, 0.717) is 6.54 Å². The zero-order valence-corrected chi connectivity index (χ0v) is 11.7. The molecule has 0 spiro atoms. The normalized spacial score (nSPS) is 15.3. The average molecular weight is 248 g/mol. The molecule has 1 aromatic rings. The van der Waals surface area contributed by atoms with Gasteiger partial charge in [-0.05, 0) is 37.6 Å². The van der Waals surface area contributed by atoms with E-state index in [1.807, 2.05) is 0 Å². The maximum Gasteiger partial charge on any atom is 0.135 e. The van der Waals surface area contributed by atoms with Crippen LogP contribution in [0.2, 0.25) is 0 Å². The summed E-state index contributed by atoms with van der Waals surface area (Å²) in [4.78, 5) is 11.1. The lowest BCUT2D eigenvalue weighted by Gasteiger charge is -2.31. The highest BCUT2D eigenvalue weighted by Gasteiger charge is 2.22. The van der Waals surface area contributed by atoms with E-state index in [1.165, 1.54) is 24.1 Å². The van der Waals surface area contributed by atoms with Crippen molar-refractivity contribution in [1.29, 1.82) is 0 Å². The van der Waals surface area contributed by atoms with Gasteiger partial charge in [0.15, 0.2) is 0 Å². The Bertz CT molecular complexity index is 414. The minimum atomic E-state index is 0.112. The highest BCUT2D eigenvalue weighted by atomic mass is 15.2. The third kappa shape index (κ3) is 2.80. The van der Waals surface area contributed by atoms with Crippen LogP contribution in [0.3, 0.4) is 0 Å². The summed E-state index contributed by atoms with van der Waals surface area (Å²) in [6.07, 6.45) is 6.41. The molecule has 0 atom stereocenters. The van der Waals surface area contributed by atoms with Crippen molar-refractivity contribution in [2.75, 3.05) is 25.0 Å². The Morgan fingerprint density at radius 3 is 2.72 bits per heavy atom. The zero-order chi connectivity index (χ0) is 13.2. The molecule has 1 heterocycles. The number of fused-ring (bicyclic) bond motifs is 1. The zero-order valence-electron chi connectivity index (χ0n) is 11.7. The molecule has 4 nitrogen and oxygen atoms in total. The molecule has 0 fully saturated rings. The Labute approximate surface area is 110 Å². The quantitative estimate of drug-likeness (QED) is 0.882. The van der Waals surface area contributed by atoms with Crippen molar-refractivity contribution >= 4 is 5.82 Å². The largest absolute Gasteiger partial charge is 0.359 e. The van der Waals surface area contributed by atoms with Gasteiger partial charge < -0.3 is 10.6 Å². The second-order valence-corrected chi connectivity index (χ2v) is 6.05. The first-order valence-corrected chi connectivity index (χ1v) is 6.77. The fourth-order valence-electron chi connectivity index (χ4n) is 2.61. The molecule has 0 saturated heterocycles. The Morgan fingerprint density at radius 2 is 2.00 bits per heavy atom. The van der Waals surface area contributed by atoms with E-state index in [4.69, 9.17) is 5.73 Å². The summed E-state index contributed by atoms with van der Waals surface area (Å²) in [6, 6.07) is 0. The first-order chi connectivity index (χ1) is 8.53. The van der Waals surface area contributed by atoms with Crippen molar-refractivity contribution in [3.05, 3.63) is 17.6 Å². The molecule has 0 aromatic carbocycles. The summed E-state index contributed by atoms with van der Waals surface area (Å²) >= 11 is 0. The van der Waals surface area contributed by atoms with E-state index in [2.05, 4.69) is 35.8 Å². The van der Waals surface area contributed by atoms with E-state index in [-0.39, 0.29) is 5.41 Å². The van der Waals surface area contributed by atoms with Gasteiger partial charge in [-0.15, -0.1) is 0 Å². The van der Waals surface area contributed by atoms with Gasteiger partial charge in [-0.25, -0.2) is 9.97 Å². The maximum atomic E-state index is 5.81. The second-order valence-electron chi connectivity index (χ2n) is 6.05. The Hall–Kier alpha value is -1.16. The number of hydrogen-bond acceptors (Lipinski definition) is 4. The van der Waals surface area contributed by atoms with Gasteiger partial charge in [0.1, 0.15) is 12.1 Å². The highest BCUT2D eigenvalue weighted by Crippen LogP contribution is 2.28. The minimum Gasteiger partial charge on any atom is -0.359 e. The van der Waals surface area contributed by atoms with Crippen LogP contribution in [-0.2, 0) is 12.8 Å². The van der Waals surface area contributed by atoms with Gasteiger partial charge in [-0.2, -0.15) is 0 Å². The van der Waals surface area contributed by atoms with Gasteiger partial charge in [0.2, 0.25) is 0 Å². The number of hydrogen-bond donors (Lipinski definition) is 1. The van der Waals surface area contributed by atoms with E-state index in [1.54, 1.807) is 6.33 Å². The van der Waals surface area contributed by atoms with Gasteiger partial charge in [0.05, 0.1) is 0 Å². The van der Waals surface area contributed by atoms with Crippen LogP contribution in [0.1, 0.15) is 37.9 Å². The van der Waals surface area contributed by atoms with Crippen molar-refractivity contribution in [2.24, 2.45) is 11.1 Å². The van der Waals surface area contributed by atoms with Crippen molar-refractivity contribution in [1.82, 2.24) is 9.97 Å². The highest BCUT2D eigenvalue weighted by molar-refractivity contribution is 5.49. The average Bonchev–Trinajstić information content (AvgIpc) is 2.37. The van der Waals surface area contributed by atoms with Crippen LogP contribution in [-0.4, -0.2) is 30.1 Å². The molecule has 1 aromatic heterocycles. The van der Waals surface area contributed by atoms with Crippen LogP contribution in [0.5, 0.6) is 0 Å². The number of nitrogens with zero attached hydrogens (tertiary/aromatic N) is 3. The second kappa shape index (κ2) is 5.22.